The van der Waals surface area contributed by atoms with Crippen LogP contribution in [0, 0.1) is 12.5 Å². The number of fused-ring (bicyclic) bond motifs is 1. The molecule has 0 amide bonds. The third kappa shape index (κ3) is 0.833. The van der Waals surface area contributed by atoms with Gasteiger partial charge in [-0.25, -0.2) is 0 Å². The molecule has 2 aliphatic heterocycles. The minimum Gasteiger partial charge on any atom is -0.280 e. The van der Waals surface area contributed by atoms with Crippen LogP contribution in [0.1, 0.15) is 0 Å². The molecule has 1 unspecified atom stereocenters. The van der Waals surface area contributed by atoms with Crippen molar-refractivity contribution in [2.75, 3.05) is 0 Å². The van der Waals surface area contributed by atoms with E-state index in [0.29, 0.717) is 5.92 Å². The highest BCUT2D eigenvalue weighted by Crippen LogP contribution is 2.36. The Balaban J connectivity index is 2.29. The van der Waals surface area contributed by atoms with E-state index in [1.165, 1.54) is 4.91 Å². The molecule has 1 atom stereocenters. The Bertz CT molecular complexity index is 203. The number of allylic oxidation sites excluding steroid dienone is 1. The number of rotatable bonds is 0. The SMILES string of the molecule is [C]1N=CC=C2SC=CC12. The third-order valence-electron chi connectivity index (χ3n) is 1.31. The number of aliphatic imine (C=N–C) groups is 1. The van der Waals surface area contributed by atoms with Crippen molar-refractivity contribution < 1.29 is 0 Å². The Labute approximate surface area is 58.6 Å². The molecule has 9 heavy (non-hydrogen) atoms. The van der Waals surface area contributed by atoms with E-state index in [1.807, 2.05) is 6.08 Å². The van der Waals surface area contributed by atoms with Gasteiger partial charge in [-0.2, -0.15) is 0 Å². The standard InChI is InChI=1S/C7H5NS/c1-3-8-5-6-2-4-9-7(1)6/h1-4,6H. The van der Waals surface area contributed by atoms with E-state index in [1.54, 1.807) is 18.0 Å². The van der Waals surface area contributed by atoms with E-state index in [9.17, 15) is 0 Å². The fourth-order valence-corrected chi connectivity index (χ4v) is 1.66. The molecule has 0 fully saturated rings. The van der Waals surface area contributed by atoms with Crippen molar-refractivity contribution in [1.82, 2.24) is 0 Å². The summed E-state index contributed by atoms with van der Waals surface area (Å²) in [5.41, 5.74) is 0. The van der Waals surface area contributed by atoms with Crippen LogP contribution in [0.15, 0.2) is 27.5 Å². The van der Waals surface area contributed by atoms with Gasteiger partial charge in [-0.3, -0.25) is 4.99 Å². The van der Waals surface area contributed by atoms with Crippen molar-refractivity contribution >= 4 is 18.0 Å². The Hall–Kier alpha value is -0.500. The quantitative estimate of drug-likeness (QED) is 0.494. The van der Waals surface area contributed by atoms with Crippen LogP contribution in [0.5, 0.6) is 0 Å². The van der Waals surface area contributed by atoms with E-state index < -0.39 is 0 Å². The second-order valence-electron chi connectivity index (χ2n) is 1.90. The van der Waals surface area contributed by atoms with E-state index in [4.69, 9.17) is 0 Å². The van der Waals surface area contributed by atoms with Crippen molar-refractivity contribution in [2.45, 2.75) is 0 Å². The summed E-state index contributed by atoms with van der Waals surface area (Å²) < 4.78 is 0. The Morgan fingerprint density at radius 3 is 3.56 bits per heavy atom. The normalized spacial score (nSPS) is 30.2. The summed E-state index contributed by atoms with van der Waals surface area (Å²) in [4.78, 5) is 5.24. The van der Waals surface area contributed by atoms with Crippen molar-refractivity contribution in [1.29, 1.82) is 0 Å². The first kappa shape index (κ1) is 5.30. The summed E-state index contributed by atoms with van der Waals surface area (Å²) in [7, 11) is 0. The molecule has 2 heteroatoms. The lowest BCUT2D eigenvalue weighted by Crippen LogP contribution is -1.97. The van der Waals surface area contributed by atoms with E-state index >= 15 is 0 Å². The zero-order valence-corrected chi connectivity index (χ0v) is 5.56. The van der Waals surface area contributed by atoms with Gasteiger partial charge in [0, 0.05) is 17.0 Å². The largest absolute Gasteiger partial charge is 0.280 e. The number of dihydropyridines is 1. The summed E-state index contributed by atoms with van der Waals surface area (Å²) in [5.74, 6) is 0.361. The van der Waals surface area contributed by atoms with Crippen molar-refractivity contribution in [3.63, 3.8) is 0 Å². The minimum atomic E-state index is 0.361. The fraction of sp³-hybridized carbons (Fsp3) is 0.143. The molecule has 44 valence electrons. The topological polar surface area (TPSA) is 12.4 Å². The number of nitrogens with zero attached hydrogens (tertiary/aromatic N) is 1. The monoisotopic (exact) mass is 135 g/mol. The molecule has 0 aromatic carbocycles. The summed E-state index contributed by atoms with van der Waals surface area (Å²) in [6.45, 7) is 2.97. The molecule has 0 saturated carbocycles. The minimum absolute atomic E-state index is 0.361. The zero-order valence-electron chi connectivity index (χ0n) is 4.74. The Morgan fingerprint density at radius 2 is 2.67 bits per heavy atom. The first-order valence-electron chi connectivity index (χ1n) is 2.79. The highest BCUT2D eigenvalue weighted by molar-refractivity contribution is 8.06. The fourth-order valence-electron chi connectivity index (χ4n) is 0.848. The molecule has 2 radical (unpaired) electrons. The molecule has 0 saturated heterocycles. The maximum atomic E-state index is 3.90. The van der Waals surface area contributed by atoms with Crippen LogP contribution in [0.2, 0.25) is 0 Å². The van der Waals surface area contributed by atoms with Gasteiger partial charge in [-0.05, 0) is 11.5 Å². The van der Waals surface area contributed by atoms with Crippen LogP contribution >= 0.6 is 11.8 Å². The molecule has 1 nitrogen and oxygen atoms in total. The number of hydrogen-bond acceptors (Lipinski definition) is 2. The molecule has 0 aliphatic carbocycles. The molecule has 0 spiro atoms. The van der Waals surface area contributed by atoms with Crippen LogP contribution < -0.4 is 0 Å². The van der Waals surface area contributed by atoms with E-state index in [2.05, 4.69) is 23.0 Å². The van der Waals surface area contributed by atoms with Gasteiger partial charge in [0.15, 0.2) is 0 Å². The van der Waals surface area contributed by atoms with E-state index in [0.717, 1.165) is 0 Å². The zero-order chi connectivity index (χ0) is 6.10. The molecular weight excluding hydrogens is 130 g/mol. The van der Waals surface area contributed by atoms with Crippen molar-refractivity contribution in [3.8, 4) is 0 Å². The first-order valence-corrected chi connectivity index (χ1v) is 3.67. The highest BCUT2D eigenvalue weighted by Gasteiger charge is 2.17. The predicted molar refractivity (Wildman–Crippen MR) is 40.0 cm³/mol. The lowest BCUT2D eigenvalue weighted by atomic mass is 10.1. The first-order chi connectivity index (χ1) is 4.47. The Morgan fingerprint density at radius 1 is 1.67 bits per heavy atom. The Kier molecular flexibility index (Phi) is 1.19. The van der Waals surface area contributed by atoms with Crippen molar-refractivity contribution in [3.05, 3.63) is 29.0 Å². The molecule has 2 aliphatic rings. The third-order valence-corrected chi connectivity index (χ3v) is 2.26. The summed E-state index contributed by atoms with van der Waals surface area (Å²) in [6.07, 6.45) is 5.92. The molecular formula is C7H5NS. The van der Waals surface area contributed by atoms with Crippen LogP contribution in [0.25, 0.3) is 0 Å². The van der Waals surface area contributed by atoms with Gasteiger partial charge in [-0.15, -0.1) is 11.8 Å². The average Bonchev–Trinajstić information content (AvgIpc) is 2.33. The van der Waals surface area contributed by atoms with Crippen molar-refractivity contribution in [2.24, 2.45) is 10.9 Å². The maximum Gasteiger partial charge on any atom is 0.128 e. The predicted octanol–water partition coefficient (Wildman–Crippen LogP) is 1.87. The summed E-state index contributed by atoms with van der Waals surface area (Å²) in [6, 6.07) is 0. The van der Waals surface area contributed by atoms with Gasteiger partial charge in [0.05, 0.1) is 0 Å². The van der Waals surface area contributed by atoms with Crippen LogP contribution in [-0.4, -0.2) is 6.21 Å². The summed E-state index contributed by atoms with van der Waals surface area (Å²) in [5, 5.41) is 2.08. The van der Waals surface area contributed by atoms with Crippen LogP contribution in [-0.2, 0) is 0 Å². The van der Waals surface area contributed by atoms with Gasteiger partial charge in [-0.1, -0.05) is 6.08 Å². The molecule has 0 aromatic heterocycles. The van der Waals surface area contributed by atoms with Gasteiger partial charge in [0.2, 0.25) is 0 Å². The lowest BCUT2D eigenvalue weighted by Gasteiger charge is -2.07. The highest BCUT2D eigenvalue weighted by atomic mass is 32.2. The molecule has 2 rings (SSSR count). The molecule has 0 N–H and O–H groups in total. The average molecular weight is 135 g/mol. The van der Waals surface area contributed by atoms with Gasteiger partial charge >= 0.3 is 0 Å². The second kappa shape index (κ2) is 2.03. The van der Waals surface area contributed by atoms with Gasteiger partial charge < -0.3 is 0 Å². The van der Waals surface area contributed by atoms with Crippen LogP contribution in [0.4, 0.5) is 0 Å². The molecule has 0 aromatic rings. The molecule has 2 heterocycles. The number of thioether (sulfide) groups is 1. The maximum absolute atomic E-state index is 3.90. The van der Waals surface area contributed by atoms with Gasteiger partial charge in [0.25, 0.3) is 0 Å². The number of hydrogen-bond donors (Lipinski definition) is 0. The lowest BCUT2D eigenvalue weighted by molar-refractivity contribution is 0.926. The van der Waals surface area contributed by atoms with Crippen LogP contribution in [0.3, 0.4) is 0 Å². The smallest absolute Gasteiger partial charge is 0.128 e. The molecule has 0 bridgehead atoms. The second-order valence-corrected chi connectivity index (χ2v) is 2.88. The summed E-state index contributed by atoms with van der Waals surface area (Å²) >= 11 is 1.75. The van der Waals surface area contributed by atoms with Gasteiger partial charge in [0.1, 0.15) is 6.54 Å². The van der Waals surface area contributed by atoms with E-state index in [-0.39, 0.29) is 0 Å².